The number of nitrogens with zero attached hydrogens (tertiary/aromatic N) is 3. The molecular weight excluding hydrogens is 735 g/mol. The molecule has 6 rings (SSSR count). The van der Waals surface area contributed by atoms with Crippen LogP contribution in [0.1, 0.15) is 57.2 Å². The fourth-order valence-corrected chi connectivity index (χ4v) is 9.54. The summed E-state index contributed by atoms with van der Waals surface area (Å²) >= 11 is 0. The van der Waals surface area contributed by atoms with Gasteiger partial charge in [-0.1, -0.05) is 75.9 Å². The zero-order valence-corrected chi connectivity index (χ0v) is 35.7. The number of hydrogen-bond donors (Lipinski definition) is 5. The zero-order chi connectivity index (χ0) is 42.3. The monoisotopic (exact) mass is 802 g/mol. The lowest BCUT2D eigenvalue weighted by atomic mass is 9.45. The van der Waals surface area contributed by atoms with Crippen LogP contribution in [0.15, 0.2) is 79.0 Å². The van der Waals surface area contributed by atoms with Crippen LogP contribution >= 0.6 is 0 Å². The van der Waals surface area contributed by atoms with Gasteiger partial charge in [0, 0.05) is 61.0 Å². The first kappa shape index (κ1) is 45.1. The molecular formula is C46H67N5O7. The van der Waals surface area contributed by atoms with Crippen LogP contribution in [0.2, 0.25) is 0 Å². The predicted molar refractivity (Wildman–Crippen MR) is 227 cm³/mol. The van der Waals surface area contributed by atoms with E-state index in [0.717, 1.165) is 12.0 Å². The van der Waals surface area contributed by atoms with Crippen LogP contribution in [0.5, 0.6) is 5.75 Å². The van der Waals surface area contributed by atoms with Gasteiger partial charge in [-0.25, -0.2) is 0 Å². The largest absolute Gasteiger partial charge is 0.496 e. The van der Waals surface area contributed by atoms with Gasteiger partial charge in [-0.15, -0.1) is 0 Å². The molecule has 5 N–H and O–H groups in total. The van der Waals surface area contributed by atoms with Gasteiger partial charge in [0.2, 0.25) is 11.8 Å². The molecule has 2 aromatic carbocycles. The number of para-hydroxylation sites is 1. The third kappa shape index (κ3) is 10.4. The second kappa shape index (κ2) is 19.8. The van der Waals surface area contributed by atoms with E-state index in [1.807, 2.05) is 73.4 Å². The highest BCUT2D eigenvalue weighted by Gasteiger charge is 2.57. The fourth-order valence-electron chi connectivity index (χ4n) is 9.54. The molecule has 9 atom stereocenters. The van der Waals surface area contributed by atoms with E-state index < -0.39 is 24.2 Å². The number of methoxy groups -OCH3 is 1. The van der Waals surface area contributed by atoms with Crippen molar-refractivity contribution in [2.75, 3.05) is 54.6 Å². The number of ether oxygens (including phenoxy) is 1. The van der Waals surface area contributed by atoms with Crippen molar-refractivity contribution in [3.8, 4) is 5.75 Å². The lowest BCUT2D eigenvalue weighted by Gasteiger charge is -2.62. The first-order valence-electron chi connectivity index (χ1n) is 20.7. The molecule has 12 heteroatoms. The molecule has 4 fully saturated rings. The lowest BCUT2D eigenvalue weighted by molar-refractivity contribution is -0.183. The van der Waals surface area contributed by atoms with Crippen LogP contribution in [-0.2, 0) is 27.4 Å². The summed E-state index contributed by atoms with van der Waals surface area (Å²) in [4.78, 5) is 38.0. The number of aliphatic hydroxyl groups is 3. The van der Waals surface area contributed by atoms with Gasteiger partial charge in [0.25, 0.3) is 0 Å². The molecule has 2 bridgehead atoms. The van der Waals surface area contributed by atoms with Gasteiger partial charge in [0.05, 0.1) is 33.0 Å². The van der Waals surface area contributed by atoms with E-state index in [9.17, 15) is 24.9 Å². The Labute approximate surface area is 345 Å². The number of nitrogens with one attached hydrogen (secondary N) is 2. The van der Waals surface area contributed by atoms with Crippen molar-refractivity contribution in [1.82, 2.24) is 25.5 Å². The van der Waals surface area contributed by atoms with Crippen LogP contribution in [0.3, 0.4) is 0 Å². The summed E-state index contributed by atoms with van der Waals surface area (Å²) in [6.45, 7) is 13.4. The van der Waals surface area contributed by atoms with Crippen molar-refractivity contribution < 1.29 is 34.5 Å². The predicted octanol–water partition coefficient (Wildman–Crippen LogP) is 4.02. The number of carbonyl (C=O) groups excluding carboxylic acids is 2. The van der Waals surface area contributed by atoms with E-state index in [1.165, 1.54) is 12.5 Å². The molecule has 1 saturated heterocycles. The molecule has 0 radical (unpaired) electrons. The number of allylic oxidation sites excluding steroid dienone is 3. The Bertz CT molecular complexity index is 1780. The molecule has 0 unspecified atom stereocenters. The van der Waals surface area contributed by atoms with Crippen molar-refractivity contribution >= 4 is 17.4 Å². The standard InChI is InChI=1S/C46H67N5O7/c1-29(50(8)20-21-52)22-33(18-19-41(55)47-36(27-49(6)7)23-32-14-11-10-12-15-32)37-17-13-16-34(44(37)57-9)26-51-43(42(31(3)54)40(28-53)58-51)45(56)48-39-25-35-24-38(30(39)2)46(35,4)5/h10-19,22,30-31,35-36,38-40,42-43,52-54H,1,20-21,23-28H2,2-9H3,(H,47,55)(H,48,56)/b19-18+,33-22+/t30-,31-,35-,36-,38-,39-,40-,42+,43-/m0/s1. The number of aliphatic hydroxyl groups excluding tert-OH is 3. The van der Waals surface area contributed by atoms with Crippen LogP contribution in [0.4, 0.5) is 0 Å². The molecule has 3 aliphatic carbocycles. The maximum absolute atomic E-state index is 14.3. The molecule has 1 heterocycles. The molecule has 12 nitrogen and oxygen atoms in total. The molecule has 58 heavy (non-hydrogen) atoms. The molecule has 3 saturated carbocycles. The molecule has 2 aromatic rings. The highest BCUT2D eigenvalue weighted by atomic mass is 16.7. The van der Waals surface area contributed by atoms with Gasteiger partial charge in [-0.05, 0) is 86.7 Å². The third-order valence-electron chi connectivity index (χ3n) is 12.9. The maximum Gasteiger partial charge on any atom is 0.244 e. The summed E-state index contributed by atoms with van der Waals surface area (Å²) in [6.07, 6.45) is 6.12. The topological polar surface area (TPSA) is 147 Å². The number of fused-ring (bicyclic) bond motifs is 2. The van der Waals surface area contributed by atoms with Crippen molar-refractivity contribution in [2.24, 2.45) is 29.1 Å². The van der Waals surface area contributed by atoms with Crippen molar-refractivity contribution in [3.05, 3.63) is 95.7 Å². The number of carbonyl (C=O) groups is 2. The van der Waals surface area contributed by atoms with Gasteiger partial charge >= 0.3 is 0 Å². The quantitative estimate of drug-likeness (QED) is 0.104. The first-order valence-corrected chi connectivity index (χ1v) is 20.7. The van der Waals surface area contributed by atoms with E-state index in [2.05, 4.69) is 50.1 Å². The molecule has 1 aliphatic heterocycles. The number of hydroxylamine groups is 2. The molecule has 318 valence electrons. The number of rotatable bonds is 19. The molecule has 0 spiro atoms. The van der Waals surface area contributed by atoms with E-state index in [1.54, 1.807) is 25.2 Å². The van der Waals surface area contributed by atoms with Crippen LogP contribution in [-0.4, -0.2) is 127 Å². The summed E-state index contributed by atoms with van der Waals surface area (Å²) in [7, 11) is 7.35. The smallest absolute Gasteiger partial charge is 0.244 e. The maximum atomic E-state index is 14.3. The average molecular weight is 802 g/mol. The Morgan fingerprint density at radius 3 is 2.41 bits per heavy atom. The number of likely N-dealkylation sites (N-methyl/N-ethyl adjacent to an activating group) is 2. The van der Waals surface area contributed by atoms with E-state index in [4.69, 9.17) is 9.57 Å². The van der Waals surface area contributed by atoms with E-state index in [0.29, 0.717) is 65.4 Å². The summed E-state index contributed by atoms with van der Waals surface area (Å²) in [6, 6.07) is 14.7. The van der Waals surface area contributed by atoms with Gasteiger partial charge in [-0.3, -0.25) is 14.4 Å². The molecule has 4 aliphatic rings. The summed E-state index contributed by atoms with van der Waals surface area (Å²) in [5.41, 5.74) is 4.00. The SMILES string of the molecule is C=C(/C=C(\C=C\C(=O)N[C@@H](Cc1ccccc1)CN(C)C)c1cccc(CN2O[C@@H](CO)[C@@H]([C@H](C)O)[C@H]2C(=O)N[C@H]2C[C@@H]3C[C@@H]([C@@H]2C)C3(C)C)c1OC)N(C)CCO. The second-order valence-electron chi connectivity index (χ2n) is 17.5. The van der Waals surface area contributed by atoms with Crippen LogP contribution in [0.25, 0.3) is 5.57 Å². The van der Waals surface area contributed by atoms with Crippen LogP contribution in [0, 0.1) is 29.1 Å². The van der Waals surface area contributed by atoms with Crippen molar-refractivity contribution in [3.63, 3.8) is 0 Å². The zero-order valence-electron chi connectivity index (χ0n) is 35.7. The first-order chi connectivity index (χ1) is 27.6. The Kier molecular flexibility index (Phi) is 15.4. The van der Waals surface area contributed by atoms with Crippen molar-refractivity contribution in [1.29, 1.82) is 0 Å². The van der Waals surface area contributed by atoms with Crippen molar-refractivity contribution in [2.45, 2.75) is 83.8 Å². The summed E-state index contributed by atoms with van der Waals surface area (Å²) < 4.78 is 6.09. The average Bonchev–Trinajstić information content (AvgIpc) is 3.55. The molecule has 2 amide bonds. The minimum Gasteiger partial charge on any atom is -0.496 e. The number of hydrogen-bond acceptors (Lipinski definition) is 10. The van der Waals surface area contributed by atoms with E-state index >= 15 is 0 Å². The Balaban J connectivity index is 1.44. The summed E-state index contributed by atoms with van der Waals surface area (Å²) in [5.74, 6) is 0.727. The van der Waals surface area contributed by atoms with Gasteiger partial charge in [-0.2, -0.15) is 5.06 Å². The summed E-state index contributed by atoms with van der Waals surface area (Å²) in [5, 5.41) is 39.1. The fraction of sp³-hybridized carbons (Fsp3) is 0.565. The van der Waals surface area contributed by atoms with Gasteiger partial charge in [0.1, 0.15) is 17.9 Å². The Hall–Kier alpha value is -4.04. The third-order valence-corrected chi connectivity index (χ3v) is 12.9. The number of amides is 2. The van der Waals surface area contributed by atoms with Crippen LogP contribution < -0.4 is 15.4 Å². The van der Waals surface area contributed by atoms with Gasteiger partial charge in [0.15, 0.2) is 0 Å². The Morgan fingerprint density at radius 2 is 1.81 bits per heavy atom. The highest BCUT2D eigenvalue weighted by Crippen LogP contribution is 2.61. The minimum atomic E-state index is -0.931. The number of benzene rings is 2. The normalized spacial score (nSPS) is 26.6. The second-order valence-corrected chi connectivity index (χ2v) is 17.5. The highest BCUT2D eigenvalue weighted by molar-refractivity contribution is 5.92. The van der Waals surface area contributed by atoms with E-state index in [-0.39, 0.29) is 49.1 Å². The lowest BCUT2D eigenvalue weighted by Crippen LogP contribution is -2.62. The minimum absolute atomic E-state index is 0.0112. The molecule has 0 aromatic heterocycles. The van der Waals surface area contributed by atoms with Gasteiger partial charge < -0.3 is 40.5 Å². The Morgan fingerprint density at radius 1 is 1.09 bits per heavy atom.